The number of anilines is 1. The van der Waals surface area contributed by atoms with E-state index in [-0.39, 0.29) is 11.7 Å². The average molecular weight is 303 g/mol. The van der Waals surface area contributed by atoms with Crippen LogP contribution in [-0.4, -0.2) is 12.5 Å². The van der Waals surface area contributed by atoms with E-state index in [1.807, 2.05) is 6.92 Å². The van der Waals surface area contributed by atoms with E-state index in [2.05, 4.69) is 21.2 Å². The fraction of sp³-hybridized carbons (Fsp3) is 0.417. The minimum absolute atomic E-state index is 0.0798. The van der Waals surface area contributed by atoms with E-state index in [0.717, 1.165) is 6.42 Å². The van der Waals surface area contributed by atoms with Gasteiger partial charge in [-0.1, -0.05) is 6.92 Å². The Morgan fingerprint density at radius 3 is 2.88 bits per heavy atom. The Labute approximate surface area is 109 Å². The standard InChI is InChI=1S/C12H16BrFN2O/c1-8(7-15)2-5-12(17)16-9-3-4-11(14)10(13)6-9/h3-4,6,8H,2,5,7,15H2,1H3,(H,16,17). The molecule has 1 amide bonds. The smallest absolute Gasteiger partial charge is 0.224 e. The van der Waals surface area contributed by atoms with Crippen LogP contribution in [-0.2, 0) is 4.79 Å². The van der Waals surface area contributed by atoms with E-state index >= 15 is 0 Å². The highest BCUT2D eigenvalue weighted by Gasteiger charge is 2.07. The van der Waals surface area contributed by atoms with Gasteiger partial charge in [-0.05, 0) is 53.0 Å². The largest absolute Gasteiger partial charge is 0.330 e. The van der Waals surface area contributed by atoms with Gasteiger partial charge < -0.3 is 11.1 Å². The number of halogens is 2. The third kappa shape index (κ3) is 4.83. The summed E-state index contributed by atoms with van der Waals surface area (Å²) >= 11 is 3.07. The summed E-state index contributed by atoms with van der Waals surface area (Å²) in [7, 11) is 0. The molecule has 0 spiro atoms. The van der Waals surface area contributed by atoms with Gasteiger partial charge >= 0.3 is 0 Å². The molecular formula is C12H16BrFN2O. The second-order valence-corrected chi connectivity index (χ2v) is 4.91. The summed E-state index contributed by atoms with van der Waals surface area (Å²) in [6, 6.07) is 4.38. The van der Waals surface area contributed by atoms with E-state index < -0.39 is 0 Å². The number of hydrogen-bond acceptors (Lipinski definition) is 2. The molecule has 1 atom stereocenters. The van der Waals surface area contributed by atoms with Crippen molar-refractivity contribution in [2.24, 2.45) is 11.7 Å². The van der Waals surface area contributed by atoms with Crippen molar-refractivity contribution in [3.05, 3.63) is 28.5 Å². The highest BCUT2D eigenvalue weighted by molar-refractivity contribution is 9.10. The second-order valence-electron chi connectivity index (χ2n) is 4.06. The van der Waals surface area contributed by atoms with E-state index in [1.54, 1.807) is 6.07 Å². The zero-order valence-corrected chi connectivity index (χ0v) is 11.3. The van der Waals surface area contributed by atoms with E-state index in [0.29, 0.717) is 29.0 Å². The summed E-state index contributed by atoms with van der Waals surface area (Å²) in [6.45, 7) is 2.58. The highest BCUT2D eigenvalue weighted by atomic mass is 79.9. The molecule has 1 aromatic carbocycles. The number of benzene rings is 1. The molecule has 1 unspecified atom stereocenters. The van der Waals surface area contributed by atoms with Gasteiger partial charge in [-0.25, -0.2) is 4.39 Å². The van der Waals surface area contributed by atoms with Crippen LogP contribution in [0.4, 0.5) is 10.1 Å². The van der Waals surface area contributed by atoms with Gasteiger partial charge in [-0.2, -0.15) is 0 Å². The molecule has 17 heavy (non-hydrogen) atoms. The predicted molar refractivity (Wildman–Crippen MR) is 70.2 cm³/mol. The molecule has 1 aromatic rings. The number of rotatable bonds is 5. The lowest BCUT2D eigenvalue weighted by Gasteiger charge is -2.09. The second kappa shape index (κ2) is 6.71. The Balaban J connectivity index is 2.48. The lowest BCUT2D eigenvalue weighted by atomic mass is 10.1. The molecule has 0 aliphatic rings. The molecule has 3 nitrogen and oxygen atoms in total. The fourth-order valence-electron chi connectivity index (χ4n) is 1.29. The molecule has 0 heterocycles. The van der Waals surface area contributed by atoms with Crippen molar-refractivity contribution >= 4 is 27.5 Å². The highest BCUT2D eigenvalue weighted by Crippen LogP contribution is 2.20. The number of carbonyl (C=O) groups excluding carboxylic acids is 1. The Morgan fingerprint density at radius 1 is 1.59 bits per heavy atom. The molecule has 0 fully saturated rings. The van der Waals surface area contributed by atoms with E-state index in [4.69, 9.17) is 5.73 Å². The normalized spacial score (nSPS) is 12.2. The van der Waals surface area contributed by atoms with Crippen molar-refractivity contribution in [1.29, 1.82) is 0 Å². The Bertz CT molecular complexity index is 398. The Kier molecular flexibility index (Phi) is 5.58. The number of amides is 1. The Morgan fingerprint density at radius 2 is 2.29 bits per heavy atom. The van der Waals surface area contributed by atoms with Gasteiger partial charge in [0.15, 0.2) is 0 Å². The van der Waals surface area contributed by atoms with Crippen molar-refractivity contribution in [3.8, 4) is 0 Å². The van der Waals surface area contributed by atoms with Crippen LogP contribution in [0.15, 0.2) is 22.7 Å². The first-order valence-corrected chi connectivity index (χ1v) is 6.27. The zero-order chi connectivity index (χ0) is 12.8. The quantitative estimate of drug-likeness (QED) is 0.879. The van der Waals surface area contributed by atoms with Crippen LogP contribution in [0.1, 0.15) is 19.8 Å². The lowest BCUT2D eigenvalue weighted by molar-refractivity contribution is -0.116. The topological polar surface area (TPSA) is 55.1 Å². The zero-order valence-electron chi connectivity index (χ0n) is 9.67. The first-order chi connectivity index (χ1) is 8.02. The van der Waals surface area contributed by atoms with Gasteiger partial charge in [0.05, 0.1) is 4.47 Å². The number of nitrogens with two attached hydrogens (primary N) is 1. The summed E-state index contributed by atoms with van der Waals surface area (Å²) in [5.41, 5.74) is 6.05. The Hall–Kier alpha value is -0.940. The summed E-state index contributed by atoms with van der Waals surface area (Å²) in [4.78, 5) is 11.6. The van der Waals surface area contributed by atoms with Crippen LogP contribution < -0.4 is 11.1 Å². The molecular weight excluding hydrogens is 287 g/mol. The molecule has 5 heteroatoms. The maximum Gasteiger partial charge on any atom is 0.224 e. The van der Waals surface area contributed by atoms with Gasteiger partial charge in [0.1, 0.15) is 5.82 Å². The lowest BCUT2D eigenvalue weighted by Crippen LogP contribution is -2.16. The summed E-state index contributed by atoms with van der Waals surface area (Å²) in [6.07, 6.45) is 1.18. The third-order valence-corrected chi connectivity index (χ3v) is 3.08. The first kappa shape index (κ1) is 14.1. The molecule has 0 saturated heterocycles. The van der Waals surface area contributed by atoms with Gasteiger partial charge in [-0.15, -0.1) is 0 Å². The van der Waals surface area contributed by atoms with Gasteiger partial charge in [-0.3, -0.25) is 4.79 Å². The van der Waals surface area contributed by atoms with Crippen molar-refractivity contribution < 1.29 is 9.18 Å². The summed E-state index contributed by atoms with van der Waals surface area (Å²) < 4.78 is 13.3. The van der Waals surface area contributed by atoms with Crippen molar-refractivity contribution in [2.45, 2.75) is 19.8 Å². The molecule has 0 aliphatic carbocycles. The van der Waals surface area contributed by atoms with Crippen LogP contribution in [0.2, 0.25) is 0 Å². The maximum absolute atomic E-state index is 13.0. The predicted octanol–water partition coefficient (Wildman–Crippen LogP) is 2.90. The minimum Gasteiger partial charge on any atom is -0.330 e. The molecule has 1 rings (SSSR count). The molecule has 0 aliphatic heterocycles. The van der Waals surface area contributed by atoms with Crippen LogP contribution in [0.5, 0.6) is 0 Å². The summed E-state index contributed by atoms with van der Waals surface area (Å²) in [5, 5.41) is 2.71. The molecule has 94 valence electrons. The molecule has 3 N–H and O–H groups in total. The van der Waals surface area contributed by atoms with Crippen LogP contribution in [0, 0.1) is 11.7 Å². The molecule has 0 radical (unpaired) electrons. The van der Waals surface area contributed by atoms with Gasteiger partial charge in [0, 0.05) is 12.1 Å². The van der Waals surface area contributed by atoms with Crippen LogP contribution in [0.25, 0.3) is 0 Å². The van der Waals surface area contributed by atoms with Gasteiger partial charge in [0.2, 0.25) is 5.91 Å². The SMILES string of the molecule is CC(CN)CCC(=O)Nc1ccc(F)c(Br)c1. The average Bonchev–Trinajstić information content (AvgIpc) is 2.31. The van der Waals surface area contributed by atoms with Crippen molar-refractivity contribution in [3.63, 3.8) is 0 Å². The number of carbonyl (C=O) groups is 1. The molecule has 0 aromatic heterocycles. The minimum atomic E-state index is -0.347. The van der Waals surface area contributed by atoms with Crippen molar-refractivity contribution in [2.75, 3.05) is 11.9 Å². The van der Waals surface area contributed by atoms with Crippen molar-refractivity contribution in [1.82, 2.24) is 0 Å². The van der Waals surface area contributed by atoms with E-state index in [9.17, 15) is 9.18 Å². The molecule has 0 saturated carbocycles. The fourth-order valence-corrected chi connectivity index (χ4v) is 1.67. The monoisotopic (exact) mass is 302 g/mol. The third-order valence-electron chi connectivity index (χ3n) is 2.47. The maximum atomic E-state index is 13.0. The van der Waals surface area contributed by atoms with E-state index in [1.165, 1.54) is 12.1 Å². The first-order valence-electron chi connectivity index (χ1n) is 5.48. The van der Waals surface area contributed by atoms with Crippen LogP contribution >= 0.6 is 15.9 Å². The summed E-state index contributed by atoms with van der Waals surface area (Å²) in [5.74, 6) is -0.0933. The molecule has 0 bridgehead atoms. The van der Waals surface area contributed by atoms with Crippen LogP contribution in [0.3, 0.4) is 0 Å². The van der Waals surface area contributed by atoms with Gasteiger partial charge in [0.25, 0.3) is 0 Å². The number of hydrogen-bond donors (Lipinski definition) is 2. The number of nitrogens with one attached hydrogen (secondary N) is 1.